The number of pyridine rings is 1. The Labute approximate surface area is 137 Å². The van der Waals surface area contributed by atoms with Crippen LogP contribution >= 0.6 is 0 Å². The van der Waals surface area contributed by atoms with Crippen molar-refractivity contribution in [1.82, 2.24) is 4.98 Å². The molecule has 0 saturated carbocycles. The van der Waals surface area contributed by atoms with Crippen molar-refractivity contribution in [2.45, 2.75) is 20.8 Å². The van der Waals surface area contributed by atoms with Gasteiger partial charge < -0.3 is 0 Å². The van der Waals surface area contributed by atoms with E-state index in [0.29, 0.717) is 0 Å². The second-order valence-electron chi connectivity index (χ2n) is 6.29. The van der Waals surface area contributed by atoms with Gasteiger partial charge in [-0.25, -0.2) is 0 Å². The minimum atomic E-state index is 1.10. The van der Waals surface area contributed by atoms with Crippen LogP contribution in [0.1, 0.15) is 33.5 Å². The molecule has 0 radical (unpaired) electrons. The van der Waals surface area contributed by atoms with E-state index < -0.39 is 0 Å². The third-order valence-electron chi connectivity index (χ3n) is 4.57. The van der Waals surface area contributed by atoms with Crippen LogP contribution in [0.2, 0.25) is 0 Å². The summed E-state index contributed by atoms with van der Waals surface area (Å²) < 4.78 is 0. The molecular formula is C22H19N. The summed E-state index contributed by atoms with van der Waals surface area (Å²) in [4.78, 5) is 4.61. The van der Waals surface area contributed by atoms with Gasteiger partial charge in [-0.2, -0.15) is 0 Å². The monoisotopic (exact) mass is 297 g/mol. The highest BCUT2D eigenvalue weighted by molar-refractivity contribution is 6.07. The Bertz CT molecular complexity index is 934. The molecule has 1 aromatic heterocycles. The first-order valence-corrected chi connectivity index (χ1v) is 8.00. The van der Waals surface area contributed by atoms with Gasteiger partial charge in [0.15, 0.2) is 0 Å². The van der Waals surface area contributed by atoms with Crippen LogP contribution in [-0.2, 0) is 0 Å². The molecule has 1 aliphatic rings. The molecule has 0 spiro atoms. The minimum Gasteiger partial charge on any atom is -0.261 e. The second kappa shape index (κ2) is 5.20. The Kier molecular flexibility index (Phi) is 3.16. The van der Waals surface area contributed by atoms with E-state index in [1.807, 2.05) is 6.20 Å². The summed E-state index contributed by atoms with van der Waals surface area (Å²) in [5, 5.41) is 0. The zero-order chi connectivity index (χ0) is 16.0. The van der Waals surface area contributed by atoms with Crippen molar-refractivity contribution in [3.05, 3.63) is 88.2 Å². The normalized spacial score (nSPS) is 14.0. The quantitative estimate of drug-likeness (QED) is 0.447. The Morgan fingerprint density at radius 2 is 1.61 bits per heavy atom. The molecule has 23 heavy (non-hydrogen) atoms. The average molecular weight is 297 g/mol. The summed E-state index contributed by atoms with van der Waals surface area (Å²) in [6, 6.07) is 17.3. The number of aryl methyl sites for hydroxylation is 3. The molecule has 0 aliphatic heterocycles. The molecule has 0 bridgehead atoms. The standard InChI is InChI=1S/C22H19N/c1-14-9-10-18-19(11-14)20(12-17-7-5-4-6-8-17)22-16(3)23-13-15(2)21(18)22/h4-13H,1-3H3. The largest absolute Gasteiger partial charge is 0.261 e. The Hall–Kier alpha value is -2.67. The predicted molar refractivity (Wildman–Crippen MR) is 97.3 cm³/mol. The fourth-order valence-electron chi connectivity index (χ4n) is 3.48. The zero-order valence-electron chi connectivity index (χ0n) is 13.7. The first-order valence-electron chi connectivity index (χ1n) is 8.00. The lowest BCUT2D eigenvalue weighted by molar-refractivity contribution is 1.16. The highest BCUT2D eigenvalue weighted by Gasteiger charge is 2.27. The van der Waals surface area contributed by atoms with E-state index in [1.54, 1.807) is 0 Å². The van der Waals surface area contributed by atoms with Gasteiger partial charge in [-0.3, -0.25) is 4.98 Å². The number of fused-ring (bicyclic) bond motifs is 3. The average Bonchev–Trinajstić information content (AvgIpc) is 2.87. The molecule has 0 N–H and O–H groups in total. The minimum absolute atomic E-state index is 1.10. The summed E-state index contributed by atoms with van der Waals surface area (Å²) >= 11 is 0. The second-order valence-corrected chi connectivity index (χ2v) is 6.29. The number of nitrogens with zero attached hydrogens (tertiary/aromatic N) is 1. The Morgan fingerprint density at radius 1 is 0.826 bits per heavy atom. The molecule has 0 fully saturated rings. The van der Waals surface area contributed by atoms with Crippen LogP contribution in [0.4, 0.5) is 0 Å². The van der Waals surface area contributed by atoms with E-state index in [1.165, 1.54) is 44.5 Å². The molecule has 1 nitrogen and oxygen atoms in total. The molecule has 1 heterocycles. The van der Waals surface area contributed by atoms with Gasteiger partial charge in [0.25, 0.3) is 0 Å². The summed E-state index contributed by atoms with van der Waals surface area (Å²) in [5.41, 5.74) is 11.4. The fraction of sp³-hybridized carbons (Fsp3) is 0.136. The number of rotatable bonds is 1. The molecule has 0 unspecified atom stereocenters. The lowest BCUT2D eigenvalue weighted by atomic mass is 9.98. The van der Waals surface area contributed by atoms with E-state index in [2.05, 4.69) is 80.4 Å². The lowest BCUT2D eigenvalue weighted by Crippen LogP contribution is -1.93. The third-order valence-corrected chi connectivity index (χ3v) is 4.57. The van der Waals surface area contributed by atoms with Gasteiger partial charge in [-0.15, -0.1) is 0 Å². The van der Waals surface area contributed by atoms with Crippen LogP contribution in [0.25, 0.3) is 22.8 Å². The van der Waals surface area contributed by atoms with Crippen molar-refractivity contribution in [2.24, 2.45) is 0 Å². The van der Waals surface area contributed by atoms with Crippen molar-refractivity contribution in [3.8, 4) is 11.1 Å². The van der Waals surface area contributed by atoms with Gasteiger partial charge in [0, 0.05) is 17.5 Å². The van der Waals surface area contributed by atoms with Gasteiger partial charge in [-0.1, -0.05) is 54.1 Å². The van der Waals surface area contributed by atoms with Crippen molar-refractivity contribution in [3.63, 3.8) is 0 Å². The van der Waals surface area contributed by atoms with Gasteiger partial charge in [0.05, 0.1) is 0 Å². The van der Waals surface area contributed by atoms with Gasteiger partial charge in [0.1, 0.15) is 0 Å². The maximum absolute atomic E-state index is 4.61. The molecule has 112 valence electrons. The van der Waals surface area contributed by atoms with Crippen LogP contribution in [0.5, 0.6) is 0 Å². The fourth-order valence-corrected chi connectivity index (χ4v) is 3.48. The van der Waals surface area contributed by atoms with Crippen LogP contribution in [-0.4, -0.2) is 4.98 Å². The highest BCUT2D eigenvalue weighted by atomic mass is 14.7. The van der Waals surface area contributed by atoms with Gasteiger partial charge in [-0.05, 0) is 60.2 Å². The van der Waals surface area contributed by atoms with E-state index in [-0.39, 0.29) is 0 Å². The predicted octanol–water partition coefficient (Wildman–Crippen LogP) is 5.58. The molecule has 3 aromatic rings. The summed E-state index contributed by atoms with van der Waals surface area (Å²) in [6.45, 7) is 6.41. The number of benzene rings is 2. The topological polar surface area (TPSA) is 12.9 Å². The maximum Gasteiger partial charge on any atom is 0.0457 e. The van der Waals surface area contributed by atoms with Gasteiger partial charge >= 0.3 is 0 Å². The van der Waals surface area contributed by atoms with Crippen molar-refractivity contribution in [1.29, 1.82) is 0 Å². The lowest BCUT2D eigenvalue weighted by Gasteiger charge is -2.08. The molecule has 1 heteroatoms. The molecule has 0 amide bonds. The first-order chi connectivity index (χ1) is 11.1. The van der Waals surface area contributed by atoms with Crippen molar-refractivity contribution in [2.75, 3.05) is 0 Å². The summed E-state index contributed by atoms with van der Waals surface area (Å²) in [6.07, 6.45) is 4.28. The van der Waals surface area contributed by atoms with Crippen LogP contribution in [0.3, 0.4) is 0 Å². The Balaban J connectivity index is 2.07. The Morgan fingerprint density at radius 3 is 2.39 bits per heavy atom. The molecule has 0 saturated heterocycles. The first kappa shape index (κ1) is 14.0. The SMILES string of the molecule is Cc1ccc2c(c1)C(=Cc1ccccc1)c1c(C)ncc(C)c1-2. The van der Waals surface area contributed by atoms with Crippen molar-refractivity contribution >= 4 is 11.6 Å². The molecular weight excluding hydrogens is 278 g/mol. The molecule has 1 aliphatic carbocycles. The number of hydrogen-bond acceptors (Lipinski definition) is 1. The molecule has 4 rings (SSSR count). The molecule has 0 atom stereocenters. The van der Waals surface area contributed by atoms with Gasteiger partial charge in [0.2, 0.25) is 0 Å². The molecule has 2 aromatic carbocycles. The van der Waals surface area contributed by atoms with Crippen LogP contribution in [0, 0.1) is 20.8 Å². The summed E-state index contributed by atoms with van der Waals surface area (Å²) in [7, 11) is 0. The highest BCUT2D eigenvalue weighted by Crippen LogP contribution is 2.47. The van der Waals surface area contributed by atoms with Crippen LogP contribution < -0.4 is 0 Å². The smallest absolute Gasteiger partial charge is 0.0457 e. The number of hydrogen-bond donors (Lipinski definition) is 0. The number of aromatic nitrogens is 1. The van der Waals surface area contributed by atoms with E-state index in [9.17, 15) is 0 Å². The van der Waals surface area contributed by atoms with E-state index >= 15 is 0 Å². The summed E-state index contributed by atoms with van der Waals surface area (Å²) in [5.74, 6) is 0. The maximum atomic E-state index is 4.61. The zero-order valence-corrected chi connectivity index (χ0v) is 13.7. The van der Waals surface area contributed by atoms with Crippen LogP contribution in [0.15, 0.2) is 54.7 Å². The van der Waals surface area contributed by atoms with E-state index in [0.717, 1.165) is 5.69 Å². The van der Waals surface area contributed by atoms with E-state index in [4.69, 9.17) is 0 Å². The van der Waals surface area contributed by atoms with Crippen molar-refractivity contribution < 1.29 is 0 Å². The third kappa shape index (κ3) is 2.20.